The Kier molecular flexibility index (Phi) is 1.75. The SMILES string of the molecule is C=CCCC=CC12C=CC3(O)OC3C1O2. The predicted octanol–water partition coefficient (Wildman–Crippen LogP) is 1.30. The minimum absolute atomic E-state index is 0.00693. The zero-order chi connectivity index (χ0) is 10.5. The highest BCUT2D eigenvalue weighted by atomic mass is 16.8. The maximum atomic E-state index is 9.64. The van der Waals surface area contributed by atoms with E-state index in [0.717, 1.165) is 12.8 Å². The van der Waals surface area contributed by atoms with E-state index in [2.05, 4.69) is 18.7 Å². The van der Waals surface area contributed by atoms with Gasteiger partial charge in [0.2, 0.25) is 5.79 Å². The van der Waals surface area contributed by atoms with Crippen molar-refractivity contribution in [2.24, 2.45) is 0 Å². The molecule has 4 atom stereocenters. The lowest BCUT2D eigenvalue weighted by Crippen LogP contribution is -2.25. The molecule has 3 rings (SSSR count). The number of rotatable bonds is 4. The number of allylic oxidation sites excluding steroid dienone is 2. The van der Waals surface area contributed by atoms with E-state index in [4.69, 9.17) is 9.47 Å². The summed E-state index contributed by atoms with van der Waals surface area (Å²) in [5.74, 6) is -1.03. The Bertz CT molecular complexity index is 360. The molecule has 0 aromatic carbocycles. The van der Waals surface area contributed by atoms with Crippen LogP contribution in [0.1, 0.15) is 12.8 Å². The number of aliphatic hydroxyl groups is 1. The van der Waals surface area contributed by atoms with Crippen molar-refractivity contribution in [2.45, 2.75) is 36.4 Å². The van der Waals surface area contributed by atoms with Gasteiger partial charge in [-0.05, 0) is 25.0 Å². The molecule has 0 bridgehead atoms. The van der Waals surface area contributed by atoms with Gasteiger partial charge in [-0.3, -0.25) is 0 Å². The van der Waals surface area contributed by atoms with E-state index in [1.54, 1.807) is 6.08 Å². The summed E-state index contributed by atoms with van der Waals surface area (Å²) in [7, 11) is 0. The fraction of sp³-hybridized carbons (Fsp3) is 0.500. The summed E-state index contributed by atoms with van der Waals surface area (Å²) in [5.41, 5.74) is -0.297. The van der Waals surface area contributed by atoms with Crippen molar-refractivity contribution in [1.82, 2.24) is 0 Å². The zero-order valence-electron chi connectivity index (χ0n) is 8.43. The molecular weight excluding hydrogens is 192 g/mol. The molecule has 3 nitrogen and oxygen atoms in total. The molecule has 2 aliphatic heterocycles. The van der Waals surface area contributed by atoms with Crippen LogP contribution in [0.5, 0.6) is 0 Å². The van der Waals surface area contributed by atoms with Gasteiger partial charge in [0.15, 0.2) is 0 Å². The Hall–Kier alpha value is -0.900. The quantitative estimate of drug-likeness (QED) is 0.428. The molecule has 0 aromatic heterocycles. The smallest absolute Gasteiger partial charge is 0.216 e. The van der Waals surface area contributed by atoms with Gasteiger partial charge in [-0.1, -0.05) is 18.2 Å². The molecule has 0 spiro atoms. The molecule has 2 saturated heterocycles. The number of epoxide rings is 2. The highest BCUT2D eigenvalue weighted by molar-refractivity contribution is 5.39. The molecule has 80 valence electrons. The van der Waals surface area contributed by atoms with Crippen molar-refractivity contribution in [3.05, 3.63) is 37.0 Å². The summed E-state index contributed by atoms with van der Waals surface area (Å²) >= 11 is 0. The second kappa shape index (κ2) is 2.82. The van der Waals surface area contributed by atoms with Crippen LogP contribution in [0.25, 0.3) is 0 Å². The molecule has 0 saturated carbocycles. The monoisotopic (exact) mass is 206 g/mol. The second-order valence-electron chi connectivity index (χ2n) is 4.28. The van der Waals surface area contributed by atoms with Crippen LogP contribution in [0.15, 0.2) is 37.0 Å². The highest BCUT2D eigenvalue weighted by Gasteiger charge is 2.74. The van der Waals surface area contributed by atoms with Gasteiger partial charge in [0.05, 0.1) is 0 Å². The summed E-state index contributed by atoms with van der Waals surface area (Å²) in [6.45, 7) is 3.67. The minimum Gasteiger partial charge on any atom is -0.360 e. The third kappa shape index (κ3) is 1.31. The van der Waals surface area contributed by atoms with Gasteiger partial charge in [-0.25, -0.2) is 0 Å². The van der Waals surface area contributed by atoms with E-state index in [-0.39, 0.29) is 17.8 Å². The number of fused-ring (bicyclic) bond motifs is 3. The fourth-order valence-electron chi connectivity index (χ4n) is 2.12. The normalized spacial score (nSPS) is 49.9. The van der Waals surface area contributed by atoms with Gasteiger partial charge in [0, 0.05) is 0 Å². The molecule has 2 fully saturated rings. The Morgan fingerprint density at radius 1 is 1.27 bits per heavy atom. The second-order valence-corrected chi connectivity index (χ2v) is 4.28. The first kappa shape index (κ1) is 9.33. The van der Waals surface area contributed by atoms with Crippen LogP contribution in [0.4, 0.5) is 0 Å². The molecule has 0 aromatic rings. The van der Waals surface area contributed by atoms with Crippen LogP contribution >= 0.6 is 0 Å². The lowest BCUT2D eigenvalue weighted by atomic mass is 9.93. The van der Waals surface area contributed by atoms with E-state index in [1.165, 1.54) is 0 Å². The van der Waals surface area contributed by atoms with Gasteiger partial charge < -0.3 is 14.6 Å². The third-order valence-corrected chi connectivity index (χ3v) is 3.16. The average molecular weight is 206 g/mol. The summed E-state index contributed by atoms with van der Waals surface area (Å²) in [4.78, 5) is 0. The first-order valence-electron chi connectivity index (χ1n) is 5.27. The summed E-state index contributed by atoms with van der Waals surface area (Å²) in [6.07, 6.45) is 11.4. The Morgan fingerprint density at radius 3 is 2.93 bits per heavy atom. The highest BCUT2D eigenvalue weighted by Crippen LogP contribution is 2.56. The van der Waals surface area contributed by atoms with Crippen molar-refractivity contribution in [1.29, 1.82) is 0 Å². The minimum atomic E-state index is -1.03. The van der Waals surface area contributed by atoms with Crippen molar-refractivity contribution in [3.8, 4) is 0 Å². The average Bonchev–Trinajstić information content (AvgIpc) is 3.06. The molecule has 2 heterocycles. The Balaban J connectivity index is 1.67. The Labute approximate surface area is 88.7 Å². The summed E-state index contributed by atoms with van der Waals surface area (Å²) < 4.78 is 10.7. The largest absolute Gasteiger partial charge is 0.360 e. The van der Waals surface area contributed by atoms with Crippen molar-refractivity contribution in [2.75, 3.05) is 0 Å². The van der Waals surface area contributed by atoms with Crippen molar-refractivity contribution >= 4 is 0 Å². The van der Waals surface area contributed by atoms with Gasteiger partial charge in [-0.2, -0.15) is 0 Å². The molecule has 0 radical (unpaired) electrons. The molecule has 3 heteroatoms. The van der Waals surface area contributed by atoms with E-state index >= 15 is 0 Å². The lowest BCUT2D eigenvalue weighted by Gasteiger charge is -2.06. The Morgan fingerprint density at radius 2 is 2.13 bits per heavy atom. The van der Waals surface area contributed by atoms with Crippen LogP contribution in [0.2, 0.25) is 0 Å². The fourth-order valence-corrected chi connectivity index (χ4v) is 2.12. The van der Waals surface area contributed by atoms with E-state index < -0.39 is 5.79 Å². The first-order chi connectivity index (χ1) is 7.20. The van der Waals surface area contributed by atoms with Crippen LogP contribution in [-0.4, -0.2) is 28.7 Å². The summed E-state index contributed by atoms with van der Waals surface area (Å²) in [6, 6.07) is 0. The first-order valence-corrected chi connectivity index (χ1v) is 5.27. The van der Waals surface area contributed by atoms with Gasteiger partial charge in [-0.15, -0.1) is 6.58 Å². The van der Waals surface area contributed by atoms with E-state index in [9.17, 15) is 5.11 Å². The van der Waals surface area contributed by atoms with Crippen molar-refractivity contribution in [3.63, 3.8) is 0 Å². The van der Waals surface area contributed by atoms with Crippen LogP contribution in [0, 0.1) is 0 Å². The van der Waals surface area contributed by atoms with Crippen LogP contribution < -0.4 is 0 Å². The van der Waals surface area contributed by atoms with E-state index in [1.807, 2.05) is 12.2 Å². The molecule has 1 N–H and O–H groups in total. The van der Waals surface area contributed by atoms with Crippen LogP contribution in [-0.2, 0) is 9.47 Å². The third-order valence-electron chi connectivity index (χ3n) is 3.16. The van der Waals surface area contributed by atoms with Gasteiger partial charge in [0.25, 0.3) is 0 Å². The molecule has 4 unspecified atom stereocenters. The van der Waals surface area contributed by atoms with E-state index in [0.29, 0.717) is 0 Å². The maximum absolute atomic E-state index is 9.64. The lowest BCUT2D eigenvalue weighted by molar-refractivity contribution is 0.0819. The van der Waals surface area contributed by atoms with Gasteiger partial charge in [0.1, 0.15) is 17.8 Å². The predicted molar refractivity (Wildman–Crippen MR) is 55.1 cm³/mol. The molecule has 0 amide bonds. The summed E-state index contributed by atoms with van der Waals surface area (Å²) in [5, 5.41) is 9.64. The zero-order valence-corrected chi connectivity index (χ0v) is 8.43. The molecule has 15 heavy (non-hydrogen) atoms. The molecular formula is C12H14O3. The number of hydrogen-bond acceptors (Lipinski definition) is 3. The number of unbranched alkanes of at least 4 members (excludes halogenated alkanes) is 1. The van der Waals surface area contributed by atoms with Crippen molar-refractivity contribution < 1.29 is 14.6 Å². The number of ether oxygens (including phenoxy) is 2. The maximum Gasteiger partial charge on any atom is 0.216 e. The van der Waals surface area contributed by atoms with Crippen LogP contribution in [0.3, 0.4) is 0 Å². The molecule has 3 aliphatic rings. The molecule has 1 aliphatic carbocycles. The van der Waals surface area contributed by atoms with Gasteiger partial charge >= 0.3 is 0 Å². The number of hydrogen-bond donors (Lipinski definition) is 1. The standard InChI is InChI=1S/C12H14O3/c1-2-3-4-5-6-11-7-8-12(13)10(15-12)9(11)14-11/h2,5-10,13H,1,3-4H2. The topological polar surface area (TPSA) is 45.3 Å².